The maximum Gasteiger partial charge on any atom is 0.416 e. The molecule has 0 unspecified atom stereocenters. The fraction of sp³-hybridized carbons (Fsp3) is 0.0952. The zero-order valence-corrected chi connectivity index (χ0v) is 17.7. The highest BCUT2D eigenvalue weighted by molar-refractivity contribution is 9.10. The molecule has 4 aromatic rings. The van der Waals surface area contributed by atoms with Crippen molar-refractivity contribution in [3.05, 3.63) is 88.7 Å². The van der Waals surface area contributed by atoms with Crippen molar-refractivity contribution in [3.8, 4) is 17.1 Å². The fourth-order valence-electron chi connectivity index (χ4n) is 2.83. The van der Waals surface area contributed by atoms with Gasteiger partial charge in [-0.15, -0.1) is 10.2 Å². The van der Waals surface area contributed by atoms with Gasteiger partial charge in [0.1, 0.15) is 0 Å². The van der Waals surface area contributed by atoms with E-state index >= 15 is 0 Å². The summed E-state index contributed by atoms with van der Waals surface area (Å²) < 4.78 is 42.4. The van der Waals surface area contributed by atoms with Crippen LogP contribution in [0.2, 0.25) is 0 Å². The number of hydrogen-bond acceptors (Lipinski definition) is 4. The molecule has 152 valence electrons. The van der Waals surface area contributed by atoms with E-state index < -0.39 is 11.7 Å². The third-order valence-electron chi connectivity index (χ3n) is 4.27. The van der Waals surface area contributed by atoms with Gasteiger partial charge in [0.25, 0.3) is 0 Å². The van der Waals surface area contributed by atoms with Crippen LogP contribution in [0, 0.1) is 0 Å². The zero-order valence-electron chi connectivity index (χ0n) is 15.3. The summed E-state index contributed by atoms with van der Waals surface area (Å²) in [5.41, 5.74) is 1.34. The third-order valence-corrected chi connectivity index (χ3v) is 5.79. The number of alkyl halides is 3. The van der Waals surface area contributed by atoms with Crippen molar-refractivity contribution in [1.29, 1.82) is 0 Å². The van der Waals surface area contributed by atoms with Crippen LogP contribution in [-0.2, 0) is 11.9 Å². The van der Waals surface area contributed by atoms with Crippen LogP contribution in [0.15, 0.2) is 82.7 Å². The Morgan fingerprint density at radius 3 is 2.47 bits per heavy atom. The van der Waals surface area contributed by atoms with Crippen LogP contribution in [0.5, 0.6) is 0 Å². The zero-order chi connectivity index (χ0) is 21.1. The first-order chi connectivity index (χ1) is 14.4. The van der Waals surface area contributed by atoms with Gasteiger partial charge in [0, 0.05) is 28.2 Å². The van der Waals surface area contributed by atoms with Gasteiger partial charge in [0.15, 0.2) is 11.0 Å². The van der Waals surface area contributed by atoms with Crippen LogP contribution in [0.1, 0.15) is 11.1 Å². The Kier molecular flexibility index (Phi) is 5.92. The number of pyridine rings is 1. The van der Waals surface area contributed by atoms with E-state index in [1.807, 2.05) is 24.3 Å². The lowest BCUT2D eigenvalue weighted by molar-refractivity contribution is -0.137. The Balaban J connectivity index is 1.76. The SMILES string of the molecule is FC(F)(F)c1cccc(-n2c(SCc3ccc(Br)cc3)nnc2-c2cccnc2)c1. The molecule has 0 saturated carbocycles. The molecule has 0 aliphatic carbocycles. The van der Waals surface area contributed by atoms with Gasteiger partial charge in [-0.2, -0.15) is 13.2 Å². The molecule has 2 aromatic carbocycles. The topological polar surface area (TPSA) is 43.6 Å². The molecule has 0 aliphatic rings. The molecule has 0 radical (unpaired) electrons. The molecular formula is C21H14BrF3N4S. The Morgan fingerprint density at radius 1 is 0.967 bits per heavy atom. The lowest BCUT2D eigenvalue weighted by Crippen LogP contribution is -2.07. The third kappa shape index (κ3) is 4.57. The number of rotatable bonds is 5. The molecule has 0 N–H and O–H groups in total. The van der Waals surface area contributed by atoms with Crippen LogP contribution >= 0.6 is 27.7 Å². The van der Waals surface area contributed by atoms with Crippen LogP contribution in [0.25, 0.3) is 17.1 Å². The fourth-order valence-corrected chi connectivity index (χ4v) is 4.00. The summed E-state index contributed by atoms with van der Waals surface area (Å²) in [7, 11) is 0. The van der Waals surface area contributed by atoms with Crippen molar-refractivity contribution < 1.29 is 13.2 Å². The molecule has 4 rings (SSSR count). The normalized spacial score (nSPS) is 11.6. The van der Waals surface area contributed by atoms with Gasteiger partial charge >= 0.3 is 6.18 Å². The maximum absolute atomic E-state index is 13.3. The van der Waals surface area contributed by atoms with Gasteiger partial charge < -0.3 is 0 Å². The van der Waals surface area contributed by atoms with Crippen molar-refractivity contribution in [2.45, 2.75) is 17.1 Å². The summed E-state index contributed by atoms with van der Waals surface area (Å²) in [6, 6.07) is 16.5. The Bertz CT molecular complexity index is 1150. The second-order valence-electron chi connectivity index (χ2n) is 6.35. The minimum Gasteiger partial charge on any atom is -0.270 e. The van der Waals surface area contributed by atoms with Crippen LogP contribution < -0.4 is 0 Å². The predicted octanol–water partition coefficient (Wildman–Crippen LogP) is 6.40. The predicted molar refractivity (Wildman–Crippen MR) is 113 cm³/mol. The molecule has 2 aromatic heterocycles. The van der Waals surface area contributed by atoms with Gasteiger partial charge in [-0.1, -0.05) is 45.9 Å². The molecule has 4 nitrogen and oxygen atoms in total. The van der Waals surface area contributed by atoms with Crippen LogP contribution in [0.4, 0.5) is 13.2 Å². The molecule has 0 spiro atoms. The van der Waals surface area contributed by atoms with E-state index in [2.05, 4.69) is 31.1 Å². The highest BCUT2D eigenvalue weighted by atomic mass is 79.9. The highest BCUT2D eigenvalue weighted by Crippen LogP contribution is 2.34. The molecule has 30 heavy (non-hydrogen) atoms. The smallest absolute Gasteiger partial charge is 0.270 e. The van der Waals surface area contributed by atoms with Crippen LogP contribution in [0.3, 0.4) is 0 Å². The standard InChI is InChI=1S/C21H14BrF3N4S/c22-17-8-6-14(7-9-17)13-30-20-28-27-19(15-3-2-10-26-12-15)29(20)18-5-1-4-16(11-18)21(23,24)25/h1-12H,13H2. The summed E-state index contributed by atoms with van der Waals surface area (Å²) in [6.45, 7) is 0. The van der Waals surface area contributed by atoms with Crippen molar-refractivity contribution in [1.82, 2.24) is 19.7 Å². The average Bonchev–Trinajstić information content (AvgIpc) is 3.17. The van der Waals surface area contributed by atoms with Gasteiger partial charge in [0.2, 0.25) is 0 Å². The van der Waals surface area contributed by atoms with Gasteiger partial charge in [-0.05, 0) is 48.0 Å². The highest BCUT2D eigenvalue weighted by Gasteiger charge is 2.31. The first-order valence-electron chi connectivity index (χ1n) is 8.82. The number of aromatic nitrogens is 4. The number of hydrogen-bond donors (Lipinski definition) is 0. The van der Waals surface area contributed by atoms with E-state index in [4.69, 9.17) is 0 Å². The van der Waals surface area contributed by atoms with E-state index in [-0.39, 0.29) is 0 Å². The van der Waals surface area contributed by atoms with Gasteiger partial charge in [0.05, 0.1) is 11.3 Å². The second kappa shape index (κ2) is 8.61. The molecule has 0 amide bonds. The number of halogens is 4. The number of nitrogens with zero attached hydrogens (tertiary/aromatic N) is 4. The quantitative estimate of drug-likeness (QED) is 0.303. The van der Waals surface area contributed by atoms with E-state index in [1.165, 1.54) is 17.8 Å². The number of benzene rings is 2. The molecule has 9 heteroatoms. The molecule has 0 atom stereocenters. The average molecular weight is 491 g/mol. The first-order valence-corrected chi connectivity index (χ1v) is 10.6. The lowest BCUT2D eigenvalue weighted by Gasteiger charge is -2.13. The Morgan fingerprint density at radius 2 is 1.77 bits per heavy atom. The van der Waals surface area contributed by atoms with Crippen LogP contribution in [-0.4, -0.2) is 19.7 Å². The largest absolute Gasteiger partial charge is 0.416 e. The number of thioether (sulfide) groups is 1. The van der Waals surface area contributed by atoms with E-state index in [1.54, 1.807) is 35.2 Å². The molecule has 0 saturated heterocycles. The molecule has 0 bridgehead atoms. The van der Waals surface area contributed by atoms with E-state index in [0.717, 1.165) is 22.2 Å². The summed E-state index contributed by atoms with van der Waals surface area (Å²) in [5, 5.41) is 8.99. The second-order valence-corrected chi connectivity index (χ2v) is 8.20. The Hall–Kier alpha value is -2.65. The monoisotopic (exact) mass is 490 g/mol. The van der Waals surface area contributed by atoms with Crippen molar-refractivity contribution in [2.24, 2.45) is 0 Å². The van der Waals surface area contributed by atoms with Crippen molar-refractivity contribution in [2.75, 3.05) is 0 Å². The summed E-state index contributed by atoms with van der Waals surface area (Å²) in [6.07, 6.45) is -1.21. The molecule has 2 heterocycles. The molecule has 0 fully saturated rings. The first kappa shape index (κ1) is 20.6. The molecule has 0 aliphatic heterocycles. The van der Waals surface area contributed by atoms with Crippen molar-refractivity contribution >= 4 is 27.7 Å². The summed E-state index contributed by atoms with van der Waals surface area (Å²) in [5.74, 6) is 1.03. The summed E-state index contributed by atoms with van der Waals surface area (Å²) >= 11 is 4.81. The summed E-state index contributed by atoms with van der Waals surface area (Å²) in [4.78, 5) is 4.09. The maximum atomic E-state index is 13.3. The van der Waals surface area contributed by atoms with E-state index in [0.29, 0.717) is 28.0 Å². The van der Waals surface area contributed by atoms with E-state index in [9.17, 15) is 13.2 Å². The lowest BCUT2D eigenvalue weighted by atomic mass is 10.2. The van der Waals surface area contributed by atoms with Crippen molar-refractivity contribution in [3.63, 3.8) is 0 Å². The molecular weight excluding hydrogens is 477 g/mol. The Labute approximate surface area is 183 Å². The van der Waals surface area contributed by atoms with Gasteiger partial charge in [-0.3, -0.25) is 9.55 Å². The minimum absolute atomic E-state index is 0.340. The van der Waals surface area contributed by atoms with Gasteiger partial charge in [-0.25, -0.2) is 0 Å². The minimum atomic E-state index is -4.44.